The number of esters is 1. The molecule has 14 heavy (non-hydrogen) atoms. The summed E-state index contributed by atoms with van der Waals surface area (Å²) in [5, 5.41) is 0.477. The van der Waals surface area contributed by atoms with Crippen LogP contribution in [0.15, 0.2) is 12.1 Å². The summed E-state index contributed by atoms with van der Waals surface area (Å²) in [6.45, 7) is 1.27. The van der Waals surface area contributed by atoms with Crippen molar-refractivity contribution in [3.63, 3.8) is 0 Å². The highest BCUT2D eigenvalue weighted by Gasteiger charge is 2.14. The molecule has 0 bridgehead atoms. The molecule has 0 fully saturated rings. The first kappa shape index (κ1) is 11.1. The molecule has 0 N–H and O–H groups in total. The SMILES string of the molecule is COc1ccc(Cl)c(Cl)c1OC(C)=O. The number of carbonyl (C=O) groups is 1. The third-order valence-corrected chi connectivity index (χ3v) is 2.27. The molecule has 3 nitrogen and oxygen atoms in total. The summed E-state index contributed by atoms with van der Waals surface area (Å²) in [7, 11) is 1.45. The zero-order chi connectivity index (χ0) is 10.7. The number of hydrogen-bond donors (Lipinski definition) is 0. The Bertz CT molecular complexity index is 363. The lowest BCUT2D eigenvalue weighted by atomic mass is 10.3. The lowest BCUT2D eigenvalue weighted by Gasteiger charge is -2.09. The maximum absolute atomic E-state index is 10.8. The molecule has 0 atom stereocenters. The van der Waals surface area contributed by atoms with Crippen molar-refractivity contribution in [3.05, 3.63) is 22.2 Å². The van der Waals surface area contributed by atoms with Gasteiger partial charge < -0.3 is 9.47 Å². The van der Waals surface area contributed by atoms with Crippen LogP contribution >= 0.6 is 23.2 Å². The monoisotopic (exact) mass is 234 g/mol. The Hall–Kier alpha value is -0.930. The maximum atomic E-state index is 10.8. The van der Waals surface area contributed by atoms with Crippen molar-refractivity contribution in [2.45, 2.75) is 6.92 Å². The third kappa shape index (κ3) is 2.30. The molecule has 0 spiro atoms. The van der Waals surface area contributed by atoms with E-state index >= 15 is 0 Å². The fourth-order valence-electron chi connectivity index (χ4n) is 0.914. The van der Waals surface area contributed by atoms with Gasteiger partial charge in [-0.05, 0) is 12.1 Å². The smallest absolute Gasteiger partial charge is 0.308 e. The van der Waals surface area contributed by atoms with E-state index in [9.17, 15) is 4.79 Å². The van der Waals surface area contributed by atoms with Crippen LogP contribution in [0.1, 0.15) is 6.92 Å². The highest BCUT2D eigenvalue weighted by molar-refractivity contribution is 6.43. The van der Waals surface area contributed by atoms with Crippen LogP contribution in [0.25, 0.3) is 0 Å². The molecule has 5 heteroatoms. The number of benzene rings is 1. The molecule has 0 radical (unpaired) electrons. The van der Waals surface area contributed by atoms with Crippen molar-refractivity contribution in [2.24, 2.45) is 0 Å². The summed E-state index contributed by atoms with van der Waals surface area (Å²) in [4.78, 5) is 10.8. The van der Waals surface area contributed by atoms with Crippen molar-refractivity contribution in [1.29, 1.82) is 0 Å². The molecule has 1 aromatic rings. The summed E-state index contributed by atoms with van der Waals surface area (Å²) in [6, 6.07) is 3.14. The zero-order valence-electron chi connectivity index (χ0n) is 7.64. The highest BCUT2D eigenvalue weighted by Crippen LogP contribution is 2.39. The van der Waals surface area contributed by atoms with Gasteiger partial charge in [-0.15, -0.1) is 0 Å². The van der Waals surface area contributed by atoms with E-state index in [0.717, 1.165) is 0 Å². The molecule has 0 aliphatic carbocycles. The maximum Gasteiger partial charge on any atom is 0.308 e. The van der Waals surface area contributed by atoms with Crippen LogP contribution in [0.3, 0.4) is 0 Å². The predicted octanol–water partition coefficient (Wildman–Crippen LogP) is 2.93. The highest BCUT2D eigenvalue weighted by atomic mass is 35.5. The van der Waals surface area contributed by atoms with Crippen molar-refractivity contribution in [1.82, 2.24) is 0 Å². The number of carbonyl (C=O) groups excluding carboxylic acids is 1. The van der Waals surface area contributed by atoms with Gasteiger partial charge in [-0.2, -0.15) is 0 Å². The molecule has 1 aromatic carbocycles. The summed E-state index contributed by atoms with van der Waals surface area (Å²) in [5.41, 5.74) is 0. The molecule has 1 rings (SSSR count). The first-order valence-electron chi connectivity index (χ1n) is 3.76. The second kappa shape index (κ2) is 4.53. The minimum Gasteiger partial charge on any atom is -0.493 e. The largest absolute Gasteiger partial charge is 0.493 e. The van der Waals surface area contributed by atoms with Crippen molar-refractivity contribution < 1.29 is 14.3 Å². The van der Waals surface area contributed by atoms with Gasteiger partial charge in [0, 0.05) is 6.92 Å². The van der Waals surface area contributed by atoms with Crippen LogP contribution in [0, 0.1) is 0 Å². The van der Waals surface area contributed by atoms with Crippen molar-refractivity contribution in [2.75, 3.05) is 7.11 Å². The average molecular weight is 235 g/mol. The predicted molar refractivity (Wildman–Crippen MR) is 54.3 cm³/mol. The molecule has 0 aliphatic rings. The number of rotatable bonds is 2. The van der Waals surface area contributed by atoms with Gasteiger partial charge in [0.2, 0.25) is 0 Å². The molecule has 0 unspecified atom stereocenters. The van der Waals surface area contributed by atoms with E-state index in [-0.39, 0.29) is 10.8 Å². The number of hydrogen-bond acceptors (Lipinski definition) is 3. The van der Waals surface area contributed by atoms with Crippen LogP contribution in [-0.4, -0.2) is 13.1 Å². The van der Waals surface area contributed by atoms with Gasteiger partial charge >= 0.3 is 5.97 Å². The van der Waals surface area contributed by atoms with E-state index in [0.29, 0.717) is 10.8 Å². The van der Waals surface area contributed by atoms with E-state index in [4.69, 9.17) is 32.7 Å². The lowest BCUT2D eigenvalue weighted by Crippen LogP contribution is -2.03. The van der Waals surface area contributed by atoms with Gasteiger partial charge in [-0.1, -0.05) is 23.2 Å². The van der Waals surface area contributed by atoms with Gasteiger partial charge in [0.1, 0.15) is 5.02 Å². The van der Waals surface area contributed by atoms with E-state index in [1.807, 2.05) is 0 Å². The van der Waals surface area contributed by atoms with Crippen LogP contribution in [0.4, 0.5) is 0 Å². The Morgan fingerprint density at radius 1 is 1.36 bits per heavy atom. The summed E-state index contributed by atoms with van der Waals surface area (Å²) in [6.07, 6.45) is 0. The first-order chi connectivity index (χ1) is 6.56. The lowest BCUT2D eigenvalue weighted by molar-refractivity contribution is -0.132. The molecular weight excluding hydrogens is 227 g/mol. The standard InChI is InChI=1S/C9H8Cl2O3/c1-5(12)14-9-7(13-2)4-3-6(10)8(9)11/h3-4H,1-2H3. The van der Waals surface area contributed by atoms with E-state index < -0.39 is 5.97 Å². The van der Waals surface area contributed by atoms with E-state index in [1.54, 1.807) is 12.1 Å². The Balaban J connectivity index is 3.20. The minimum atomic E-state index is -0.479. The Labute approximate surface area is 91.5 Å². The second-order valence-corrected chi connectivity index (χ2v) is 3.27. The second-order valence-electron chi connectivity index (χ2n) is 2.49. The number of methoxy groups -OCH3 is 1. The summed E-state index contributed by atoms with van der Waals surface area (Å²) in [5.74, 6) is 0.0382. The van der Waals surface area contributed by atoms with E-state index in [2.05, 4.69) is 0 Å². The van der Waals surface area contributed by atoms with E-state index in [1.165, 1.54) is 14.0 Å². The van der Waals surface area contributed by atoms with Crippen LogP contribution in [0.2, 0.25) is 10.0 Å². The van der Waals surface area contributed by atoms with Gasteiger partial charge in [0.05, 0.1) is 12.1 Å². The Morgan fingerprint density at radius 2 is 2.00 bits per heavy atom. The van der Waals surface area contributed by atoms with Crippen LogP contribution in [0.5, 0.6) is 11.5 Å². The first-order valence-corrected chi connectivity index (χ1v) is 4.52. The topological polar surface area (TPSA) is 35.5 Å². The zero-order valence-corrected chi connectivity index (χ0v) is 9.15. The van der Waals surface area contributed by atoms with Gasteiger partial charge in [0.15, 0.2) is 11.5 Å². The molecule has 0 aliphatic heterocycles. The van der Waals surface area contributed by atoms with Gasteiger partial charge in [-0.25, -0.2) is 0 Å². The summed E-state index contributed by atoms with van der Waals surface area (Å²) >= 11 is 11.6. The quantitative estimate of drug-likeness (QED) is 0.584. The summed E-state index contributed by atoms with van der Waals surface area (Å²) < 4.78 is 9.83. The normalized spacial score (nSPS) is 9.71. The van der Waals surface area contributed by atoms with Gasteiger partial charge in [0.25, 0.3) is 0 Å². The van der Waals surface area contributed by atoms with Crippen molar-refractivity contribution in [3.8, 4) is 11.5 Å². The van der Waals surface area contributed by atoms with Gasteiger partial charge in [-0.3, -0.25) is 4.79 Å². The number of halogens is 2. The van der Waals surface area contributed by atoms with Crippen molar-refractivity contribution >= 4 is 29.2 Å². The Morgan fingerprint density at radius 3 is 2.50 bits per heavy atom. The molecular formula is C9H8Cl2O3. The number of ether oxygens (including phenoxy) is 2. The molecule has 0 heterocycles. The molecule has 0 aromatic heterocycles. The average Bonchev–Trinajstić information content (AvgIpc) is 2.13. The molecule has 0 saturated carbocycles. The molecule has 76 valence electrons. The minimum absolute atomic E-state index is 0.147. The molecule has 0 saturated heterocycles. The fourth-order valence-corrected chi connectivity index (χ4v) is 1.26. The van der Waals surface area contributed by atoms with Crippen LogP contribution < -0.4 is 9.47 Å². The third-order valence-electron chi connectivity index (χ3n) is 1.48. The Kier molecular flexibility index (Phi) is 3.61. The fraction of sp³-hybridized carbons (Fsp3) is 0.222. The molecule has 0 amide bonds. The van der Waals surface area contributed by atoms with Crippen LogP contribution in [-0.2, 0) is 4.79 Å².